The Morgan fingerprint density at radius 2 is 1.74 bits per heavy atom. The van der Waals surface area contributed by atoms with Gasteiger partial charge in [-0.05, 0) is 63.4 Å². The zero-order chi connectivity index (χ0) is 24.9. The summed E-state index contributed by atoms with van der Waals surface area (Å²) in [6.07, 6.45) is 5.60. The number of rotatable bonds is 11. The van der Waals surface area contributed by atoms with Crippen LogP contribution in [0.3, 0.4) is 0 Å². The van der Waals surface area contributed by atoms with Gasteiger partial charge in [0, 0.05) is 32.6 Å². The predicted molar refractivity (Wildman–Crippen MR) is 144 cm³/mol. The van der Waals surface area contributed by atoms with E-state index in [1.807, 2.05) is 13.8 Å². The highest BCUT2D eigenvalue weighted by atomic mass is 32.2. The van der Waals surface area contributed by atoms with Crippen LogP contribution in [0.2, 0.25) is 0 Å². The second kappa shape index (κ2) is 10.9. The van der Waals surface area contributed by atoms with Gasteiger partial charge in [0.15, 0.2) is 0 Å². The quantitative estimate of drug-likeness (QED) is 0.119. The van der Waals surface area contributed by atoms with Crippen LogP contribution >= 0.6 is 11.8 Å². The van der Waals surface area contributed by atoms with Crippen LogP contribution in [0.25, 0.3) is 22.3 Å². The summed E-state index contributed by atoms with van der Waals surface area (Å²) in [6.45, 7) is 15.8. The van der Waals surface area contributed by atoms with Crippen LogP contribution in [-0.4, -0.2) is 16.3 Å². The molecule has 3 rings (SSSR count). The van der Waals surface area contributed by atoms with Gasteiger partial charge in [-0.1, -0.05) is 64.5 Å². The number of fused-ring (bicyclic) bond motifs is 1. The summed E-state index contributed by atoms with van der Waals surface area (Å²) in [5.74, 6) is 0.550. The largest absolute Gasteiger partial charge is 0.456 e. The lowest BCUT2D eigenvalue weighted by Crippen LogP contribution is -2.35. The molecule has 0 N–H and O–H groups in total. The van der Waals surface area contributed by atoms with E-state index in [1.165, 1.54) is 24.8 Å². The number of carbonyl (C=O) groups is 1. The number of furan rings is 1. The van der Waals surface area contributed by atoms with Gasteiger partial charge in [0.2, 0.25) is 0 Å². The summed E-state index contributed by atoms with van der Waals surface area (Å²) in [5.41, 5.74) is 3.20. The molecule has 3 aromatic rings. The van der Waals surface area contributed by atoms with E-state index >= 15 is 0 Å². The van der Waals surface area contributed by atoms with Crippen molar-refractivity contribution in [1.29, 1.82) is 0 Å². The maximum atomic E-state index is 12.0. The van der Waals surface area contributed by atoms with E-state index in [0.29, 0.717) is 12.0 Å². The third-order valence-corrected chi connectivity index (χ3v) is 6.95. The number of aryl methyl sites for hydroxylation is 1. The van der Waals surface area contributed by atoms with Gasteiger partial charge in [-0.2, -0.15) is 0 Å². The van der Waals surface area contributed by atoms with Gasteiger partial charge in [-0.15, -0.1) is 11.8 Å². The monoisotopic (exact) mass is 478 g/mol. The van der Waals surface area contributed by atoms with Gasteiger partial charge in [0.05, 0.1) is 0 Å². The summed E-state index contributed by atoms with van der Waals surface area (Å²) in [6, 6.07) is 17.2. The molecule has 0 saturated heterocycles. The highest BCUT2D eigenvalue weighted by Crippen LogP contribution is 2.41. The molecule has 1 heterocycles. The number of esters is 1. The number of carbonyl (C=O) groups excluding carboxylic acids is 1. The molecule has 0 unspecified atom stereocenters. The Morgan fingerprint density at radius 3 is 2.38 bits per heavy atom. The third kappa shape index (κ3) is 7.27. The maximum absolute atomic E-state index is 12.0. The Balaban J connectivity index is 1.71. The van der Waals surface area contributed by atoms with Crippen molar-refractivity contribution in [2.75, 3.05) is 0 Å². The van der Waals surface area contributed by atoms with Crippen LogP contribution in [0, 0.1) is 0 Å². The zero-order valence-corrected chi connectivity index (χ0v) is 22.3. The Morgan fingerprint density at radius 1 is 1.03 bits per heavy atom. The Hall–Kier alpha value is -2.46. The highest BCUT2D eigenvalue weighted by molar-refractivity contribution is 8.00. The number of thioether (sulfide) groups is 1. The van der Waals surface area contributed by atoms with E-state index in [1.54, 1.807) is 18.7 Å². The molecule has 4 heteroatoms. The molecular formula is C30H38O3S. The molecule has 0 saturated carbocycles. The summed E-state index contributed by atoms with van der Waals surface area (Å²) >= 11 is 1.77. The number of unbranched alkanes of at least 4 members (excludes halogenated alkanes) is 2. The topological polar surface area (TPSA) is 39.4 Å². The van der Waals surface area contributed by atoms with Crippen molar-refractivity contribution in [3.63, 3.8) is 0 Å². The molecule has 0 atom stereocenters. The molecule has 0 aliphatic heterocycles. The lowest BCUT2D eigenvalue weighted by atomic mass is 9.95. The zero-order valence-electron chi connectivity index (χ0n) is 21.5. The first-order valence-corrected chi connectivity index (χ1v) is 13.0. The van der Waals surface area contributed by atoms with Crippen LogP contribution in [0.4, 0.5) is 0 Å². The molecule has 0 aliphatic rings. The van der Waals surface area contributed by atoms with Crippen molar-refractivity contribution in [1.82, 2.24) is 0 Å². The highest BCUT2D eigenvalue weighted by Gasteiger charge is 2.33. The molecule has 0 amide bonds. The fraction of sp³-hybridized carbons (Fsp3) is 0.433. The lowest BCUT2D eigenvalue weighted by molar-refractivity contribution is -0.152. The van der Waals surface area contributed by atoms with E-state index in [9.17, 15) is 4.79 Å². The summed E-state index contributed by atoms with van der Waals surface area (Å²) in [7, 11) is 0. The van der Waals surface area contributed by atoms with Gasteiger partial charge < -0.3 is 9.15 Å². The maximum Gasteiger partial charge on any atom is 0.333 e. The van der Waals surface area contributed by atoms with Gasteiger partial charge in [0.1, 0.15) is 16.9 Å². The third-order valence-electron chi connectivity index (χ3n) is 5.76. The smallest absolute Gasteiger partial charge is 0.333 e. The van der Waals surface area contributed by atoms with E-state index in [0.717, 1.165) is 33.6 Å². The lowest BCUT2D eigenvalue weighted by Gasteiger charge is -2.34. The fourth-order valence-electron chi connectivity index (χ4n) is 4.39. The molecule has 0 aliphatic carbocycles. The molecule has 1 aromatic heterocycles. The first-order chi connectivity index (χ1) is 16.0. The molecule has 34 heavy (non-hydrogen) atoms. The normalized spacial score (nSPS) is 12.2. The second-order valence-corrected chi connectivity index (χ2v) is 12.2. The number of hydrogen-bond donors (Lipinski definition) is 0. The number of hydrogen-bond acceptors (Lipinski definition) is 4. The van der Waals surface area contributed by atoms with Crippen molar-refractivity contribution in [2.45, 2.75) is 88.9 Å². The molecule has 182 valence electrons. The minimum absolute atomic E-state index is 0.143. The van der Waals surface area contributed by atoms with Crippen LogP contribution in [0.1, 0.15) is 72.8 Å². The van der Waals surface area contributed by atoms with Gasteiger partial charge >= 0.3 is 5.97 Å². The molecule has 0 fully saturated rings. The molecule has 0 radical (unpaired) electrons. The first-order valence-electron chi connectivity index (χ1n) is 12.2. The van der Waals surface area contributed by atoms with Crippen molar-refractivity contribution < 1.29 is 13.9 Å². The molecule has 0 spiro atoms. The van der Waals surface area contributed by atoms with Gasteiger partial charge in [-0.25, -0.2) is 4.79 Å². The Labute approximate surface area is 209 Å². The molecule has 3 nitrogen and oxygen atoms in total. The van der Waals surface area contributed by atoms with Gasteiger partial charge in [-0.3, -0.25) is 0 Å². The minimum Gasteiger partial charge on any atom is -0.456 e. The number of benzene rings is 2. The molecule has 2 aromatic carbocycles. The van der Waals surface area contributed by atoms with E-state index < -0.39 is 5.60 Å². The Kier molecular flexibility index (Phi) is 8.35. The van der Waals surface area contributed by atoms with E-state index in [4.69, 9.17) is 9.15 Å². The van der Waals surface area contributed by atoms with Crippen molar-refractivity contribution >= 4 is 28.7 Å². The summed E-state index contributed by atoms with van der Waals surface area (Å²) < 4.78 is 11.8. The van der Waals surface area contributed by atoms with Gasteiger partial charge in [0.25, 0.3) is 0 Å². The average Bonchev–Trinajstić information content (AvgIpc) is 3.16. The van der Waals surface area contributed by atoms with E-state index in [-0.39, 0.29) is 10.7 Å². The van der Waals surface area contributed by atoms with E-state index in [2.05, 4.69) is 75.9 Å². The predicted octanol–water partition coefficient (Wildman–Crippen LogP) is 8.99. The van der Waals surface area contributed by atoms with Crippen LogP contribution < -0.4 is 0 Å². The van der Waals surface area contributed by atoms with Crippen LogP contribution in [0.15, 0.2) is 70.0 Å². The standard InChI is InChI=1S/C30H38O3S/c1-8-9-10-11-22-12-14-23(15-13-22)26-18-24-16-17-25(19-27(24)32-26)34-30(6,7)20-29(4,5)33-28(31)21(2)3/h12-19H,2,8-11,20H2,1,3-7H3. The van der Waals surface area contributed by atoms with Crippen LogP contribution in [0.5, 0.6) is 0 Å². The SMILES string of the molecule is C=C(C)C(=O)OC(C)(C)CC(C)(C)Sc1ccc2cc(-c3ccc(CCCCC)cc3)oc2c1. The average molecular weight is 479 g/mol. The first kappa shape index (κ1) is 26.2. The fourth-order valence-corrected chi connectivity index (χ4v) is 5.75. The molecular weight excluding hydrogens is 440 g/mol. The van der Waals surface area contributed by atoms with Crippen molar-refractivity contribution in [3.05, 3.63) is 66.2 Å². The van der Waals surface area contributed by atoms with Crippen molar-refractivity contribution in [3.8, 4) is 11.3 Å². The minimum atomic E-state index is -0.586. The van der Waals surface area contributed by atoms with Crippen molar-refractivity contribution in [2.24, 2.45) is 0 Å². The number of ether oxygens (including phenoxy) is 1. The molecule has 0 bridgehead atoms. The van der Waals surface area contributed by atoms with Crippen LogP contribution in [-0.2, 0) is 16.0 Å². The second-order valence-electron chi connectivity index (χ2n) is 10.4. The summed E-state index contributed by atoms with van der Waals surface area (Å²) in [4.78, 5) is 13.1. The summed E-state index contributed by atoms with van der Waals surface area (Å²) in [5, 5.41) is 1.10. The Bertz CT molecular complexity index is 1140.